The summed E-state index contributed by atoms with van der Waals surface area (Å²) in [7, 11) is 0. The Hall–Kier alpha value is -2.70. The minimum absolute atomic E-state index is 0.153. The fourth-order valence-electron chi connectivity index (χ4n) is 2.43. The van der Waals surface area contributed by atoms with E-state index in [0.29, 0.717) is 12.2 Å². The number of benzene rings is 1. The predicted octanol–water partition coefficient (Wildman–Crippen LogP) is 2.07. The van der Waals surface area contributed by atoms with Crippen LogP contribution in [-0.2, 0) is 4.79 Å². The highest BCUT2D eigenvalue weighted by Crippen LogP contribution is 2.15. The van der Waals surface area contributed by atoms with Crippen molar-refractivity contribution in [2.75, 3.05) is 13.1 Å². The van der Waals surface area contributed by atoms with Crippen LogP contribution in [0.15, 0.2) is 24.3 Å². The van der Waals surface area contributed by atoms with E-state index in [2.05, 4.69) is 10.3 Å². The van der Waals surface area contributed by atoms with Crippen LogP contribution < -0.4 is 0 Å². The molecule has 0 aliphatic carbocycles. The SMILES string of the molecule is Cc1ccc(-n2nnc(C(=O)N(CC(=O)O)CC(C)C)c2C)cc1. The molecule has 1 aromatic heterocycles. The maximum absolute atomic E-state index is 12.7. The maximum Gasteiger partial charge on any atom is 0.323 e. The van der Waals surface area contributed by atoms with Gasteiger partial charge in [-0.3, -0.25) is 9.59 Å². The molecule has 0 saturated heterocycles. The first-order valence-electron chi connectivity index (χ1n) is 7.80. The van der Waals surface area contributed by atoms with Gasteiger partial charge in [0.15, 0.2) is 5.69 Å². The van der Waals surface area contributed by atoms with E-state index in [1.54, 1.807) is 11.6 Å². The van der Waals surface area contributed by atoms with E-state index in [4.69, 9.17) is 5.11 Å². The Morgan fingerprint density at radius 3 is 2.38 bits per heavy atom. The highest BCUT2D eigenvalue weighted by Gasteiger charge is 2.25. The summed E-state index contributed by atoms with van der Waals surface area (Å²) in [6.45, 7) is 7.59. The van der Waals surface area contributed by atoms with Gasteiger partial charge in [0.05, 0.1) is 11.4 Å². The molecule has 0 bridgehead atoms. The molecule has 1 aromatic carbocycles. The van der Waals surface area contributed by atoms with Crippen molar-refractivity contribution >= 4 is 11.9 Å². The number of nitrogens with zero attached hydrogens (tertiary/aromatic N) is 4. The van der Waals surface area contributed by atoms with Crippen molar-refractivity contribution < 1.29 is 14.7 Å². The monoisotopic (exact) mass is 330 g/mol. The van der Waals surface area contributed by atoms with Crippen molar-refractivity contribution in [3.05, 3.63) is 41.2 Å². The number of carboxylic acids is 1. The number of rotatable bonds is 6. The molecule has 0 radical (unpaired) electrons. The fraction of sp³-hybridized carbons (Fsp3) is 0.412. The van der Waals surface area contributed by atoms with E-state index in [1.165, 1.54) is 4.90 Å². The molecule has 24 heavy (non-hydrogen) atoms. The molecule has 1 amide bonds. The van der Waals surface area contributed by atoms with E-state index in [9.17, 15) is 9.59 Å². The molecule has 1 N–H and O–H groups in total. The Kier molecular flexibility index (Phi) is 5.33. The normalized spacial score (nSPS) is 10.9. The van der Waals surface area contributed by atoms with Crippen LogP contribution in [0, 0.1) is 19.8 Å². The van der Waals surface area contributed by atoms with Gasteiger partial charge < -0.3 is 10.0 Å². The van der Waals surface area contributed by atoms with Crippen LogP contribution in [0.5, 0.6) is 0 Å². The van der Waals surface area contributed by atoms with Crippen LogP contribution in [0.3, 0.4) is 0 Å². The standard InChI is InChI=1S/C17H22N4O3/c1-11(2)9-20(10-15(22)23)17(24)16-13(4)21(19-18-16)14-7-5-12(3)6-8-14/h5-8,11H,9-10H2,1-4H3,(H,22,23). The molecule has 1 heterocycles. The third kappa shape index (κ3) is 3.98. The van der Waals surface area contributed by atoms with E-state index < -0.39 is 11.9 Å². The van der Waals surface area contributed by atoms with Gasteiger partial charge in [-0.25, -0.2) is 4.68 Å². The first-order chi connectivity index (χ1) is 11.3. The first kappa shape index (κ1) is 17.7. The number of carboxylic acid groups (broad SMARTS) is 1. The van der Waals surface area contributed by atoms with E-state index in [0.717, 1.165) is 11.3 Å². The summed E-state index contributed by atoms with van der Waals surface area (Å²) >= 11 is 0. The molecule has 0 aliphatic rings. The lowest BCUT2D eigenvalue weighted by Gasteiger charge is -2.21. The lowest BCUT2D eigenvalue weighted by Crippen LogP contribution is -2.38. The zero-order valence-corrected chi connectivity index (χ0v) is 14.4. The Bertz CT molecular complexity index is 735. The van der Waals surface area contributed by atoms with Gasteiger partial charge in [-0.05, 0) is 31.9 Å². The molecule has 0 unspecified atom stereocenters. The summed E-state index contributed by atoms with van der Waals surface area (Å²) in [4.78, 5) is 25.0. The minimum atomic E-state index is -1.05. The molecule has 0 atom stereocenters. The molecule has 0 saturated carbocycles. The van der Waals surface area contributed by atoms with Crippen molar-refractivity contribution in [2.45, 2.75) is 27.7 Å². The van der Waals surface area contributed by atoms with E-state index >= 15 is 0 Å². The van der Waals surface area contributed by atoms with Gasteiger partial charge in [-0.2, -0.15) is 0 Å². The number of aryl methyl sites for hydroxylation is 1. The summed E-state index contributed by atoms with van der Waals surface area (Å²) in [5.74, 6) is -1.31. The second-order valence-corrected chi connectivity index (χ2v) is 6.24. The molecule has 2 aromatic rings. The lowest BCUT2D eigenvalue weighted by molar-refractivity contribution is -0.137. The van der Waals surface area contributed by atoms with Crippen molar-refractivity contribution in [2.24, 2.45) is 5.92 Å². The first-order valence-corrected chi connectivity index (χ1v) is 7.80. The number of amides is 1. The summed E-state index contributed by atoms with van der Waals surface area (Å²) in [5.41, 5.74) is 2.69. The number of carbonyl (C=O) groups is 2. The third-order valence-electron chi connectivity index (χ3n) is 3.57. The molecule has 0 spiro atoms. The topological polar surface area (TPSA) is 88.3 Å². The molecule has 0 fully saturated rings. The van der Waals surface area contributed by atoms with Gasteiger partial charge in [-0.15, -0.1) is 5.10 Å². The van der Waals surface area contributed by atoms with Crippen LogP contribution in [0.2, 0.25) is 0 Å². The summed E-state index contributed by atoms with van der Waals surface area (Å²) in [5, 5.41) is 17.1. The molecule has 7 nitrogen and oxygen atoms in total. The van der Waals surface area contributed by atoms with Gasteiger partial charge in [0, 0.05) is 6.54 Å². The highest BCUT2D eigenvalue weighted by atomic mass is 16.4. The summed E-state index contributed by atoms with van der Waals surface area (Å²) in [6.07, 6.45) is 0. The lowest BCUT2D eigenvalue weighted by atomic mass is 10.2. The molecule has 128 valence electrons. The number of aromatic nitrogens is 3. The number of aliphatic carboxylic acids is 1. The van der Waals surface area contributed by atoms with Gasteiger partial charge in [0.2, 0.25) is 0 Å². The number of carbonyl (C=O) groups excluding carboxylic acids is 1. The van der Waals surface area contributed by atoms with Gasteiger partial charge in [-0.1, -0.05) is 36.8 Å². The molecule has 7 heteroatoms. The molecule has 0 aliphatic heterocycles. The van der Waals surface area contributed by atoms with Gasteiger partial charge in [0.25, 0.3) is 5.91 Å². The Labute approximate surface area is 140 Å². The zero-order valence-electron chi connectivity index (χ0n) is 14.4. The Morgan fingerprint density at radius 2 is 1.83 bits per heavy atom. The number of hydrogen-bond acceptors (Lipinski definition) is 4. The molecule has 2 rings (SSSR count). The van der Waals surface area contributed by atoms with E-state index in [1.807, 2.05) is 45.0 Å². The Morgan fingerprint density at radius 1 is 1.21 bits per heavy atom. The average molecular weight is 330 g/mol. The highest BCUT2D eigenvalue weighted by molar-refractivity contribution is 5.95. The summed E-state index contributed by atoms with van der Waals surface area (Å²) in [6, 6.07) is 7.70. The second kappa shape index (κ2) is 7.25. The molecular weight excluding hydrogens is 308 g/mol. The zero-order chi connectivity index (χ0) is 17.9. The van der Waals surface area contributed by atoms with Gasteiger partial charge >= 0.3 is 5.97 Å². The molecular formula is C17H22N4O3. The van der Waals surface area contributed by atoms with Crippen molar-refractivity contribution in [3.63, 3.8) is 0 Å². The predicted molar refractivity (Wildman–Crippen MR) is 89.2 cm³/mol. The van der Waals surface area contributed by atoms with Crippen LogP contribution in [-0.4, -0.2) is 50.0 Å². The van der Waals surface area contributed by atoms with Crippen molar-refractivity contribution in [1.29, 1.82) is 0 Å². The van der Waals surface area contributed by atoms with Crippen LogP contribution in [0.4, 0.5) is 0 Å². The Balaban J connectivity index is 2.32. The fourth-order valence-corrected chi connectivity index (χ4v) is 2.43. The van der Waals surface area contributed by atoms with E-state index in [-0.39, 0.29) is 18.2 Å². The van der Waals surface area contributed by atoms with Crippen LogP contribution in [0.25, 0.3) is 5.69 Å². The smallest absolute Gasteiger partial charge is 0.323 e. The summed E-state index contributed by atoms with van der Waals surface area (Å²) < 4.78 is 1.58. The van der Waals surface area contributed by atoms with Gasteiger partial charge in [0.1, 0.15) is 6.54 Å². The van der Waals surface area contributed by atoms with Crippen LogP contribution in [0.1, 0.15) is 35.6 Å². The number of hydrogen-bond donors (Lipinski definition) is 1. The average Bonchev–Trinajstić information content (AvgIpc) is 2.87. The van der Waals surface area contributed by atoms with Crippen molar-refractivity contribution in [1.82, 2.24) is 19.9 Å². The second-order valence-electron chi connectivity index (χ2n) is 6.24. The quantitative estimate of drug-likeness (QED) is 0.876. The minimum Gasteiger partial charge on any atom is -0.480 e. The van der Waals surface area contributed by atoms with Crippen LogP contribution >= 0.6 is 0 Å². The van der Waals surface area contributed by atoms with Crippen molar-refractivity contribution in [3.8, 4) is 5.69 Å². The maximum atomic E-state index is 12.7. The third-order valence-corrected chi connectivity index (χ3v) is 3.57. The largest absolute Gasteiger partial charge is 0.480 e.